The monoisotopic (exact) mass is 225 g/mol. The van der Waals surface area contributed by atoms with E-state index in [4.69, 9.17) is 5.73 Å². The Morgan fingerprint density at radius 1 is 1.12 bits per heavy atom. The lowest BCUT2D eigenvalue weighted by Crippen LogP contribution is -2.60. The van der Waals surface area contributed by atoms with Crippen LogP contribution in [0.4, 0.5) is 0 Å². The number of hydrogen-bond acceptors (Lipinski definition) is 3. The van der Waals surface area contributed by atoms with Gasteiger partial charge in [-0.3, -0.25) is 4.90 Å². The fourth-order valence-electron chi connectivity index (χ4n) is 3.43. The van der Waals surface area contributed by atoms with Crippen LogP contribution in [0.5, 0.6) is 0 Å². The van der Waals surface area contributed by atoms with Crippen molar-refractivity contribution in [3.63, 3.8) is 0 Å². The van der Waals surface area contributed by atoms with Crippen LogP contribution in [0.25, 0.3) is 0 Å². The van der Waals surface area contributed by atoms with Gasteiger partial charge in [0.15, 0.2) is 0 Å². The molecule has 0 unspecified atom stereocenters. The topological polar surface area (TPSA) is 41.3 Å². The van der Waals surface area contributed by atoms with Gasteiger partial charge in [0.25, 0.3) is 0 Å². The number of nitrogens with one attached hydrogen (secondary N) is 1. The molecule has 2 aliphatic rings. The van der Waals surface area contributed by atoms with E-state index < -0.39 is 0 Å². The van der Waals surface area contributed by atoms with Gasteiger partial charge in [0.2, 0.25) is 0 Å². The minimum atomic E-state index is 0.106. The second-order valence-electron chi connectivity index (χ2n) is 6.09. The first-order chi connectivity index (χ1) is 7.57. The molecule has 2 atom stereocenters. The summed E-state index contributed by atoms with van der Waals surface area (Å²) in [5.41, 5.74) is 6.62. The summed E-state index contributed by atoms with van der Waals surface area (Å²) in [5.74, 6) is 0. The molecule has 3 N–H and O–H groups in total. The number of nitrogens with zero attached hydrogens (tertiary/aromatic N) is 1. The zero-order chi connectivity index (χ0) is 11.6. The van der Waals surface area contributed by atoms with Gasteiger partial charge in [-0.1, -0.05) is 19.3 Å². The maximum atomic E-state index is 6.52. The Morgan fingerprint density at radius 2 is 1.69 bits per heavy atom. The van der Waals surface area contributed by atoms with Crippen LogP contribution < -0.4 is 11.1 Å². The van der Waals surface area contributed by atoms with Crippen molar-refractivity contribution in [1.82, 2.24) is 10.2 Å². The van der Waals surface area contributed by atoms with E-state index in [9.17, 15) is 0 Å². The van der Waals surface area contributed by atoms with Crippen LogP contribution in [0.3, 0.4) is 0 Å². The molecule has 16 heavy (non-hydrogen) atoms. The van der Waals surface area contributed by atoms with Gasteiger partial charge in [0.05, 0.1) is 0 Å². The molecule has 1 aliphatic heterocycles. The molecule has 2 fully saturated rings. The molecule has 0 bridgehead atoms. The fraction of sp³-hybridized carbons (Fsp3) is 1.00. The molecule has 1 saturated carbocycles. The molecular formula is C13H27N3. The average Bonchev–Trinajstić information content (AvgIpc) is 2.15. The maximum absolute atomic E-state index is 6.52. The third-order valence-electron chi connectivity index (χ3n) is 4.02. The van der Waals surface area contributed by atoms with E-state index in [0.717, 1.165) is 19.6 Å². The largest absolute Gasteiger partial charge is 0.324 e. The lowest BCUT2D eigenvalue weighted by molar-refractivity contribution is 0.121. The second kappa shape index (κ2) is 5.03. The lowest BCUT2D eigenvalue weighted by atomic mass is 9.82. The molecule has 0 spiro atoms. The SMILES string of the molecule is C[C@@H]1CN(CC2(N)CCCCC2)C[C@H](C)N1. The van der Waals surface area contributed by atoms with Gasteiger partial charge in [-0.25, -0.2) is 0 Å². The Balaban J connectivity index is 1.87. The molecule has 0 aromatic carbocycles. The molecular weight excluding hydrogens is 198 g/mol. The van der Waals surface area contributed by atoms with E-state index in [1.807, 2.05) is 0 Å². The Kier molecular flexibility index (Phi) is 3.88. The summed E-state index contributed by atoms with van der Waals surface area (Å²) in [6, 6.07) is 1.21. The van der Waals surface area contributed by atoms with Crippen LogP contribution in [0, 0.1) is 0 Å². The summed E-state index contributed by atoms with van der Waals surface area (Å²) in [6.07, 6.45) is 6.48. The van der Waals surface area contributed by atoms with Crippen molar-refractivity contribution < 1.29 is 0 Å². The van der Waals surface area contributed by atoms with E-state index in [1.54, 1.807) is 0 Å². The number of nitrogens with two attached hydrogens (primary N) is 1. The zero-order valence-electron chi connectivity index (χ0n) is 10.8. The van der Waals surface area contributed by atoms with Crippen molar-refractivity contribution in [3.05, 3.63) is 0 Å². The summed E-state index contributed by atoms with van der Waals surface area (Å²) < 4.78 is 0. The lowest BCUT2D eigenvalue weighted by Gasteiger charge is -2.43. The van der Waals surface area contributed by atoms with Gasteiger partial charge >= 0.3 is 0 Å². The van der Waals surface area contributed by atoms with E-state index in [0.29, 0.717) is 12.1 Å². The zero-order valence-corrected chi connectivity index (χ0v) is 10.8. The Hall–Kier alpha value is -0.120. The highest BCUT2D eigenvalue weighted by Gasteiger charge is 2.32. The quantitative estimate of drug-likeness (QED) is 0.745. The van der Waals surface area contributed by atoms with Crippen molar-refractivity contribution >= 4 is 0 Å². The summed E-state index contributed by atoms with van der Waals surface area (Å²) >= 11 is 0. The van der Waals surface area contributed by atoms with Crippen LogP contribution in [0.1, 0.15) is 46.0 Å². The molecule has 1 aliphatic carbocycles. The van der Waals surface area contributed by atoms with Crippen molar-refractivity contribution in [1.29, 1.82) is 0 Å². The van der Waals surface area contributed by atoms with Gasteiger partial charge in [0.1, 0.15) is 0 Å². The Bertz CT molecular complexity index is 213. The highest BCUT2D eigenvalue weighted by Crippen LogP contribution is 2.27. The molecule has 94 valence electrons. The van der Waals surface area contributed by atoms with Crippen molar-refractivity contribution in [2.75, 3.05) is 19.6 Å². The molecule has 1 saturated heterocycles. The predicted octanol–water partition coefficient (Wildman–Crippen LogP) is 1.33. The Labute approximate surface area is 99.8 Å². The molecule has 3 heteroatoms. The first-order valence-electron chi connectivity index (χ1n) is 6.85. The third-order valence-corrected chi connectivity index (χ3v) is 4.02. The number of hydrogen-bond donors (Lipinski definition) is 2. The van der Waals surface area contributed by atoms with E-state index in [-0.39, 0.29) is 5.54 Å². The van der Waals surface area contributed by atoms with Crippen LogP contribution in [0.15, 0.2) is 0 Å². The van der Waals surface area contributed by atoms with E-state index >= 15 is 0 Å². The minimum absolute atomic E-state index is 0.106. The van der Waals surface area contributed by atoms with Crippen LogP contribution >= 0.6 is 0 Å². The number of rotatable bonds is 2. The molecule has 3 nitrogen and oxygen atoms in total. The van der Waals surface area contributed by atoms with Crippen LogP contribution in [-0.2, 0) is 0 Å². The molecule has 1 heterocycles. The van der Waals surface area contributed by atoms with Crippen molar-refractivity contribution in [2.24, 2.45) is 5.73 Å². The van der Waals surface area contributed by atoms with Gasteiger partial charge in [0, 0.05) is 37.3 Å². The van der Waals surface area contributed by atoms with Crippen molar-refractivity contribution in [2.45, 2.75) is 63.6 Å². The van der Waals surface area contributed by atoms with Gasteiger partial charge in [-0.2, -0.15) is 0 Å². The van der Waals surface area contributed by atoms with Gasteiger partial charge < -0.3 is 11.1 Å². The van der Waals surface area contributed by atoms with Crippen LogP contribution in [-0.4, -0.2) is 42.2 Å². The molecule has 0 radical (unpaired) electrons. The third kappa shape index (κ3) is 3.19. The molecule has 0 aromatic heterocycles. The summed E-state index contributed by atoms with van der Waals surface area (Å²) in [5, 5.41) is 3.58. The normalized spacial score (nSPS) is 36.2. The second-order valence-corrected chi connectivity index (χ2v) is 6.09. The first kappa shape index (κ1) is 12.3. The average molecular weight is 225 g/mol. The predicted molar refractivity (Wildman–Crippen MR) is 68.5 cm³/mol. The highest BCUT2D eigenvalue weighted by molar-refractivity contribution is 4.93. The maximum Gasteiger partial charge on any atom is 0.0283 e. The molecule has 0 amide bonds. The van der Waals surface area contributed by atoms with E-state index in [2.05, 4.69) is 24.1 Å². The standard InChI is InChI=1S/C13H27N3/c1-11-8-16(9-12(2)15-11)10-13(14)6-4-3-5-7-13/h11-12,15H,3-10,14H2,1-2H3/t11-,12+. The fourth-order valence-corrected chi connectivity index (χ4v) is 3.43. The smallest absolute Gasteiger partial charge is 0.0283 e. The summed E-state index contributed by atoms with van der Waals surface area (Å²) in [4.78, 5) is 2.57. The van der Waals surface area contributed by atoms with E-state index in [1.165, 1.54) is 32.1 Å². The van der Waals surface area contributed by atoms with Crippen molar-refractivity contribution in [3.8, 4) is 0 Å². The Morgan fingerprint density at radius 3 is 2.25 bits per heavy atom. The number of piperazine rings is 1. The first-order valence-corrected chi connectivity index (χ1v) is 6.85. The summed E-state index contributed by atoms with van der Waals surface area (Å²) in [7, 11) is 0. The minimum Gasteiger partial charge on any atom is -0.324 e. The molecule has 2 rings (SSSR count). The van der Waals surface area contributed by atoms with Gasteiger partial charge in [-0.15, -0.1) is 0 Å². The van der Waals surface area contributed by atoms with Gasteiger partial charge in [-0.05, 0) is 26.7 Å². The highest BCUT2D eigenvalue weighted by atomic mass is 15.2. The molecule has 0 aromatic rings. The van der Waals surface area contributed by atoms with Crippen LogP contribution in [0.2, 0.25) is 0 Å². The summed E-state index contributed by atoms with van der Waals surface area (Å²) in [6.45, 7) is 7.95.